The van der Waals surface area contributed by atoms with Crippen LogP contribution in [0.2, 0.25) is 0 Å². The Morgan fingerprint density at radius 3 is 2.63 bits per heavy atom. The number of rotatable bonds is 6. The van der Waals surface area contributed by atoms with E-state index in [1.54, 1.807) is 32.0 Å². The van der Waals surface area contributed by atoms with Crippen molar-refractivity contribution < 1.29 is 9.18 Å². The Morgan fingerprint density at radius 1 is 1.42 bits per heavy atom. The molecule has 0 aliphatic rings. The maximum absolute atomic E-state index is 13.5. The third-order valence-electron chi connectivity index (χ3n) is 2.80. The molecule has 0 aromatic heterocycles. The van der Waals surface area contributed by atoms with Gasteiger partial charge in [0.1, 0.15) is 5.82 Å². The van der Waals surface area contributed by atoms with E-state index in [9.17, 15) is 9.18 Å². The number of halogens is 1. The van der Waals surface area contributed by atoms with Crippen molar-refractivity contribution in [3.8, 4) is 0 Å². The highest BCUT2D eigenvalue weighted by Crippen LogP contribution is 2.16. The van der Waals surface area contributed by atoms with Gasteiger partial charge in [-0.05, 0) is 32.4 Å². The first-order valence-electron chi connectivity index (χ1n) is 6.35. The van der Waals surface area contributed by atoms with Crippen molar-refractivity contribution in [2.24, 2.45) is 5.73 Å². The van der Waals surface area contributed by atoms with Crippen molar-refractivity contribution in [3.63, 3.8) is 0 Å². The van der Waals surface area contributed by atoms with Crippen molar-refractivity contribution in [1.29, 1.82) is 0 Å². The van der Waals surface area contributed by atoms with E-state index in [1.165, 1.54) is 6.07 Å². The Labute approximate surface area is 113 Å². The van der Waals surface area contributed by atoms with Gasteiger partial charge in [0.2, 0.25) is 5.91 Å². The maximum atomic E-state index is 13.5. The highest BCUT2D eigenvalue weighted by atomic mass is 19.1. The topological polar surface area (TPSA) is 58.4 Å². The van der Waals surface area contributed by atoms with Crippen LogP contribution in [0.25, 0.3) is 0 Å². The molecule has 0 bridgehead atoms. The van der Waals surface area contributed by atoms with E-state index in [2.05, 4.69) is 5.32 Å². The van der Waals surface area contributed by atoms with E-state index in [0.717, 1.165) is 6.42 Å². The van der Waals surface area contributed by atoms with Crippen LogP contribution in [0.15, 0.2) is 24.3 Å². The Balaban J connectivity index is 2.34. The molecule has 0 aliphatic carbocycles. The molecule has 0 spiro atoms. The summed E-state index contributed by atoms with van der Waals surface area (Å²) in [6.07, 6.45) is 0.729. The van der Waals surface area contributed by atoms with Gasteiger partial charge in [0, 0.05) is 20.1 Å². The molecule has 0 aliphatic heterocycles. The summed E-state index contributed by atoms with van der Waals surface area (Å²) in [5.74, 6) is -0.418. The molecule has 0 atom stereocenters. The number of nitrogens with zero attached hydrogens (tertiary/aromatic N) is 1. The minimum absolute atomic E-state index is 0.180. The molecule has 4 nitrogen and oxygen atoms in total. The molecule has 1 rings (SSSR count). The van der Waals surface area contributed by atoms with E-state index >= 15 is 0 Å². The number of nitrogens with one attached hydrogen (secondary N) is 1. The van der Waals surface area contributed by atoms with Gasteiger partial charge in [0.25, 0.3) is 0 Å². The van der Waals surface area contributed by atoms with Gasteiger partial charge in [-0.25, -0.2) is 4.39 Å². The lowest BCUT2D eigenvalue weighted by molar-refractivity contribution is -0.125. The molecule has 0 saturated carbocycles. The van der Waals surface area contributed by atoms with Gasteiger partial charge in [0.15, 0.2) is 0 Å². The summed E-state index contributed by atoms with van der Waals surface area (Å²) in [6, 6.07) is 6.63. The predicted molar refractivity (Wildman–Crippen MR) is 75.6 cm³/mol. The SMILES string of the molecule is CN(CCCNC(=O)C(C)(C)N)c1ccccc1F. The second kappa shape index (κ2) is 6.52. The van der Waals surface area contributed by atoms with Crippen LogP contribution < -0.4 is 16.0 Å². The summed E-state index contributed by atoms with van der Waals surface area (Å²) < 4.78 is 13.5. The lowest BCUT2D eigenvalue weighted by Gasteiger charge is -2.21. The Kier molecular flexibility index (Phi) is 5.30. The largest absolute Gasteiger partial charge is 0.372 e. The fourth-order valence-corrected chi connectivity index (χ4v) is 1.63. The molecule has 0 radical (unpaired) electrons. The van der Waals surface area contributed by atoms with E-state index in [4.69, 9.17) is 5.73 Å². The maximum Gasteiger partial charge on any atom is 0.239 e. The number of amides is 1. The highest BCUT2D eigenvalue weighted by molar-refractivity contribution is 5.84. The Morgan fingerprint density at radius 2 is 2.05 bits per heavy atom. The molecular weight excluding hydrogens is 245 g/mol. The van der Waals surface area contributed by atoms with E-state index in [-0.39, 0.29) is 11.7 Å². The summed E-state index contributed by atoms with van der Waals surface area (Å²) in [7, 11) is 1.83. The monoisotopic (exact) mass is 267 g/mol. The van der Waals surface area contributed by atoms with E-state index < -0.39 is 5.54 Å². The number of nitrogens with two attached hydrogens (primary N) is 1. The van der Waals surface area contributed by atoms with E-state index in [1.807, 2.05) is 11.9 Å². The molecule has 5 heteroatoms. The summed E-state index contributed by atoms with van der Waals surface area (Å²) >= 11 is 0. The number of hydrogen-bond acceptors (Lipinski definition) is 3. The minimum Gasteiger partial charge on any atom is -0.372 e. The van der Waals surface area contributed by atoms with Crippen molar-refractivity contribution >= 4 is 11.6 Å². The van der Waals surface area contributed by atoms with Crippen LogP contribution in [0.3, 0.4) is 0 Å². The first-order valence-corrected chi connectivity index (χ1v) is 6.35. The molecule has 106 valence electrons. The second-order valence-electron chi connectivity index (χ2n) is 5.20. The van der Waals surface area contributed by atoms with Crippen LogP contribution in [0.5, 0.6) is 0 Å². The summed E-state index contributed by atoms with van der Waals surface area (Å²) in [5, 5.41) is 2.76. The summed E-state index contributed by atoms with van der Waals surface area (Å²) in [5.41, 5.74) is 5.36. The summed E-state index contributed by atoms with van der Waals surface area (Å²) in [4.78, 5) is 13.4. The Hall–Kier alpha value is -1.62. The Bertz CT molecular complexity index is 429. The zero-order valence-corrected chi connectivity index (χ0v) is 11.7. The third kappa shape index (κ3) is 4.87. The zero-order valence-electron chi connectivity index (χ0n) is 11.7. The van der Waals surface area contributed by atoms with Gasteiger partial charge >= 0.3 is 0 Å². The molecule has 19 heavy (non-hydrogen) atoms. The van der Waals surface area contributed by atoms with Gasteiger partial charge < -0.3 is 16.0 Å². The lowest BCUT2D eigenvalue weighted by atomic mass is 10.1. The molecule has 0 saturated heterocycles. The lowest BCUT2D eigenvalue weighted by Crippen LogP contribution is -2.49. The molecule has 1 amide bonds. The number of benzene rings is 1. The molecular formula is C14H22FN3O. The minimum atomic E-state index is -0.864. The number of carbonyl (C=O) groups is 1. The molecule has 1 aromatic carbocycles. The fraction of sp³-hybridized carbons (Fsp3) is 0.500. The van der Waals surface area contributed by atoms with Crippen LogP contribution in [-0.4, -0.2) is 31.6 Å². The molecule has 0 heterocycles. The average Bonchev–Trinajstić information content (AvgIpc) is 2.33. The predicted octanol–water partition coefficient (Wildman–Crippen LogP) is 1.51. The summed E-state index contributed by atoms with van der Waals surface area (Å²) in [6.45, 7) is 4.51. The molecule has 0 fully saturated rings. The van der Waals surface area contributed by atoms with Crippen LogP contribution in [0.4, 0.5) is 10.1 Å². The van der Waals surface area contributed by atoms with Gasteiger partial charge in [-0.1, -0.05) is 12.1 Å². The molecule has 3 N–H and O–H groups in total. The van der Waals surface area contributed by atoms with Gasteiger partial charge in [-0.3, -0.25) is 4.79 Å². The smallest absolute Gasteiger partial charge is 0.239 e. The first-order chi connectivity index (χ1) is 8.82. The van der Waals surface area contributed by atoms with Gasteiger partial charge in [-0.15, -0.1) is 0 Å². The molecule has 0 unspecified atom stereocenters. The number of para-hydroxylation sites is 1. The van der Waals surface area contributed by atoms with Crippen molar-refractivity contribution in [2.75, 3.05) is 25.0 Å². The van der Waals surface area contributed by atoms with Crippen molar-refractivity contribution in [2.45, 2.75) is 25.8 Å². The van der Waals surface area contributed by atoms with Crippen LogP contribution in [0, 0.1) is 5.82 Å². The number of anilines is 1. The fourth-order valence-electron chi connectivity index (χ4n) is 1.63. The van der Waals surface area contributed by atoms with Crippen molar-refractivity contribution in [1.82, 2.24) is 5.32 Å². The normalized spacial score (nSPS) is 11.2. The second-order valence-corrected chi connectivity index (χ2v) is 5.20. The highest BCUT2D eigenvalue weighted by Gasteiger charge is 2.20. The van der Waals surface area contributed by atoms with Crippen LogP contribution in [-0.2, 0) is 4.79 Å². The van der Waals surface area contributed by atoms with E-state index in [0.29, 0.717) is 18.8 Å². The first kappa shape index (κ1) is 15.4. The van der Waals surface area contributed by atoms with Gasteiger partial charge in [0.05, 0.1) is 11.2 Å². The number of hydrogen-bond donors (Lipinski definition) is 2. The quantitative estimate of drug-likeness (QED) is 0.768. The van der Waals surface area contributed by atoms with Crippen LogP contribution in [0.1, 0.15) is 20.3 Å². The average molecular weight is 267 g/mol. The van der Waals surface area contributed by atoms with Crippen molar-refractivity contribution in [3.05, 3.63) is 30.1 Å². The third-order valence-corrected chi connectivity index (χ3v) is 2.80. The van der Waals surface area contributed by atoms with Gasteiger partial charge in [-0.2, -0.15) is 0 Å². The zero-order chi connectivity index (χ0) is 14.5. The number of carbonyl (C=O) groups excluding carboxylic acids is 1. The standard InChI is InChI=1S/C14H22FN3O/c1-14(2,16)13(19)17-9-6-10-18(3)12-8-5-4-7-11(12)15/h4-5,7-8H,6,9-10,16H2,1-3H3,(H,17,19). The van der Waals surface area contributed by atoms with Crippen LogP contribution >= 0.6 is 0 Å². The molecule has 1 aromatic rings.